The van der Waals surface area contributed by atoms with Crippen LogP contribution in [0.5, 0.6) is 0 Å². The maximum Gasteiger partial charge on any atom is 0.255 e. The van der Waals surface area contributed by atoms with Gasteiger partial charge in [0.2, 0.25) is 10.0 Å². The minimum absolute atomic E-state index is 0.145. The van der Waals surface area contributed by atoms with Gasteiger partial charge in [0.05, 0.1) is 28.7 Å². The average molecular weight is 410 g/mol. The molecule has 0 saturated carbocycles. The van der Waals surface area contributed by atoms with Crippen LogP contribution in [0.1, 0.15) is 29.6 Å². The number of carbonyl (C=O) groups is 1. The lowest BCUT2D eigenvalue weighted by Crippen LogP contribution is -2.35. The summed E-state index contributed by atoms with van der Waals surface area (Å²) in [5, 5.41) is 7.03. The van der Waals surface area contributed by atoms with Crippen LogP contribution >= 0.6 is 0 Å². The normalized spacial score (nSPS) is 15.2. The van der Waals surface area contributed by atoms with E-state index in [0.717, 1.165) is 24.9 Å². The summed E-state index contributed by atoms with van der Waals surface area (Å²) in [6.07, 6.45) is 6.04. The van der Waals surface area contributed by atoms with E-state index in [9.17, 15) is 13.2 Å². The van der Waals surface area contributed by atoms with Gasteiger partial charge in [-0.1, -0.05) is 30.7 Å². The summed E-state index contributed by atoms with van der Waals surface area (Å²) >= 11 is 0. The average Bonchev–Trinajstić information content (AvgIpc) is 3.23. The molecule has 0 unspecified atom stereocenters. The molecule has 2 aromatic carbocycles. The van der Waals surface area contributed by atoms with E-state index in [4.69, 9.17) is 0 Å². The fraction of sp³-hybridized carbons (Fsp3) is 0.238. The summed E-state index contributed by atoms with van der Waals surface area (Å²) in [7, 11) is -3.59. The van der Waals surface area contributed by atoms with Gasteiger partial charge in [-0.05, 0) is 43.2 Å². The van der Waals surface area contributed by atoms with Crippen LogP contribution in [0.3, 0.4) is 0 Å². The van der Waals surface area contributed by atoms with Gasteiger partial charge >= 0.3 is 0 Å². The monoisotopic (exact) mass is 410 g/mol. The second-order valence-corrected chi connectivity index (χ2v) is 8.89. The van der Waals surface area contributed by atoms with E-state index in [2.05, 4.69) is 10.4 Å². The first-order valence-electron chi connectivity index (χ1n) is 9.56. The summed E-state index contributed by atoms with van der Waals surface area (Å²) < 4.78 is 28.9. The Morgan fingerprint density at radius 2 is 1.72 bits per heavy atom. The second kappa shape index (κ2) is 8.18. The summed E-state index contributed by atoms with van der Waals surface area (Å²) in [5.41, 5.74) is 1.70. The van der Waals surface area contributed by atoms with E-state index in [1.807, 2.05) is 30.3 Å². The SMILES string of the molecule is O=C(Nc1cnn(-c2ccccc2)c1)c1cccc(S(=O)(=O)N2CCCCC2)c1. The van der Waals surface area contributed by atoms with Gasteiger partial charge in [-0.3, -0.25) is 4.79 Å². The third-order valence-corrected chi connectivity index (χ3v) is 6.80. The van der Waals surface area contributed by atoms with E-state index in [0.29, 0.717) is 18.8 Å². The van der Waals surface area contributed by atoms with Crippen molar-refractivity contribution in [1.82, 2.24) is 14.1 Å². The predicted molar refractivity (Wildman–Crippen MR) is 111 cm³/mol. The Morgan fingerprint density at radius 3 is 2.48 bits per heavy atom. The number of amides is 1. The maximum absolute atomic E-state index is 12.9. The third kappa shape index (κ3) is 4.23. The highest BCUT2D eigenvalue weighted by Crippen LogP contribution is 2.22. The van der Waals surface area contributed by atoms with Crippen molar-refractivity contribution >= 4 is 21.6 Å². The molecule has 8 heteroatoms. The Balaban J connectivity index is 1.51. The topological polar surface area (TPSA) is 84.3 Å². The minimum Gasteiger partial charge on any atom is -0.319 e. The number of hydrogen-bond donors (Lipinski definition) is 1. The molecule has 0 bridgehead atoms. The number of nitrogens with one attached hydrogen (secondary N) is 1. The van der Waals surface area contributed by atoms with E-state index >= 15 is 0 Å². The Bertz CT molecular complexity index is 1100. The van der Waals surface area contributed by atoms with Crippen LogP contribution in [0, 0.1) is 0 Å². The number of hydrogen-bond acceptors (Lipinski definition) is 4. The van der Waals surface area contributed by atoms with Crippen LogP contribution in [-0.2, 0) is 10.0 Å². The fourth-order valence-electron chi connectivity index (χ4n) is 3.36. The van der Waals surface area contributed by atoms with Crippen LogP contribution in [0.4, 0.5) is 5.69 Å². The number of carbonyl (C=O) groups excluding carboxylic acids is 1. The number of sulfonamides is 1. The van der Waals surface area contributed by atoms with Gasteiger partial charge in [-0.25, -0.2) is 13.1 Å². The first-order chi connectivity index (χ1) is 14.0. The van der Waals surface area contributed by atoms with Crippen molar-refractivity contribution in [3.05, 3.63) is 72.6 Å². The fourth-order valence-corrected chi connectivity index (χ4v) is 4.93. The number of para-hydroxylation sites is 1. The van der Waals surface area contributed by atoms with Crippen LogP contribution in [0.15, 0.2) is 71.9 Å². The number of rotatable bonds is 5. The zero-order chi connectivity index (χ0) is 20.3. The van der Waals surface area contributed by atoms with Gasteiger partial charge in [0.15, 0.2) is 0 Å². The summed E-state index contributed by atoms with van der Waals surface area (Å²) in [6, 6.07) is 15.7. The largest absolute Gasteiger partial charge is 0.319 e. The van der Waals surface area contributed by atoms with Crippen molar-refractivity contribution in [1.29, 1.82) is 0 Å². The van der Waals surface area contributed by atoms with Crippen molar-refractivity contribution in [3.63, 3.8) is 0 Å². The predicted octanol–water partition coefficient (Wildman–Crippen LogP) is 3.30. The lowest BCUT2D eigenvalue weighted by Gasteiger charge is -2.26. The molecular weight excluding hydrogens is 388 g/mol. The van der Waals surface area contributed by atoms with Gasteiger partial charge in [-0.2, -0.15) is 9.40 Å². The van der Waals surface area contributed by atoms with E-state index in [1.165, 1.54) is 16.4 Å². The van der Waals surface area contributed by atoms with E-state index in [1.54, 1.807) is 29.2 Å². The van der Waals surface area contributed by atoms with E-state index < -0.39 is 10.0 Å². The van der Waals surface area contributed by atoms with Crippen LogP contribution in [-0.4, -0.2) is 41.5 Å². The minimum atomic E-state index is -3.59. The Labute approximate surface area is 170 Å². The number of piperidine rings is 1. The highest BCUT2D eigenvalue weighted by molar-refractivity contribution is 7.89. The molecule has 1 fully saturated rings. The van der Waals surface area contributed by atoms with Gasteiger partial charge in [0, 0.05) is 18.7 Å². The molecule has 2 heterocycles. The van der Waals surface area contributed by atoms with Gasteiger partial charge in [-0.15, -0.1) is 0 Å². The molecule has 0 spiro atoms. The van der Waals surface area contributed by atoms with Crippen LogP contribution in [0.2, 0.25) is 0 Å². The Hall–Kier alpha value is -2.97. The zero-order valence-electron chi connectivity index (χ0n) is 15.9. The number of nitrogens with zero attached hydrogens (tertiary/aromatic N) is 3. The molecular formula is C21H22N4O3S. The summed E-state index contributed by atoms with van der Waals surface area (Å²) in [5.74, 6) is -0.381. The molecule has 7 nitrogen and oxygen atoms in total. The first kappa shape index (κ1) is 19.4. The molecule has 1 aromatic heterocycles. The lowest BCUT2D eigenvalue weighted by molar-refractivity contribution is 0.102. The van der Waals surface area contributed by atoms with Crippen LogP contribution < -0.4 is 5.32 Å². The van der Waals surface area contributed by atoms with Crippen molar-refractivity contribution in [2.24, 2.45) is 0 Å². The maximum atomic E-state index is 12.9. The smallest absolute Gasteiger partial charge is 0.255 e. The molecule has 0 radical (unpaired) electrons. The Morgan fingerprint density at radius 1 is 0.966 bits per heavy atom. The summed E-state index contributed by atoms with van der Waals surface area (Å²) in [6.45, 7) is 1.05. The quantitative estimate of drug-likeness (QED) is 0.699. The highest BCUT2D eigenvalue weighted by Gasteiger charge is 2.26. The first-order valence-corrected chi connectivity index (χ1v) is 11.0. The molecule has 1 amide bonds. The molecule has 150 valence electrons. The molecule has 1 aliphatic rings. The van der Waals surface area contributed by atoms with Gasteiger partial charge in [0.25, 0.3) is 5.91 Å². The van der Waals surface area contributed by atoms with Gasteiger partial charge in [0.1, 0.15) is 0 Å². The zero-order valence-corrected chi connectivity index (χ0v) is 16.7. The molecule has 1 N–H and O–H groups in total. The van der Waals surface area contributed by atoms with Crippen LogP contribution in [0.25, 0.3) is 5.69 Å². The van der Waals surface area contributed by atoms with Crippen molar-refractivity contribution < 1.29 is 13.2 Å². The summed E-state index contributed by atoms with van der Waals surface area (Å²) in [4.78, 5) is 12.8. The van der Waals surface area contributed by atoms with Crippen molar-refractivity contribution in [2.75, 3.05) is 18.4 Å². The van der Waals surface area contributed by atoms with Crippen molar-refractivity contribution in [2.45, 2.75) is 24.2 Å². The number of benzene rings is 2. The highest BCUT2D eigenvalue weighted by atomic mass is 32.2. The molecule has 1 saturated heterocycles. The van der Waals surface area contributed by atoms with Gasteiger partial charge < -0.3 is 5.32 Å². The molecule has 4 rings (SSSR count). The van der Waals surface area contributed by atoms with Crippen molar-refractivity contribution in [3.8, 4) is 5.69 Å². The molecule has 1 aliphatic heterocycles. The van der Waals surface area contributed by atoms with E-state index in [-0.39, 0.29) is 16.4 Å². The molecule has 3 aromatic rings. The Kier molecular flexibility index (Phi) is 5.46. The second-order valence-electron chi connectivity index (χ2n) is 6.96. The lowest BCUT2D eigenvalue weighted by atomic mass is 10.2. The number of aromatic nitrogens is 2. The molecule has 0 atom stereocenters. The molecule has 29 heavy (non-hydrogen) atoms. The standard InChI is InChI=1S/C21H22N4O3S/c26-21(23-18-15-22-25(16-18)19-9-3-1-4-10-19)17-8-7-11-20(14-17)29(27,28)24-12-5-2-6-13-24/h1,3-4,7-11,14-16H,2,5-6,12-13H2,(H,23,26). The molecule has 0 aliphatic carbocycles. The number of anilines is 1. The third-order valence-electron chi connectivity index (χ3n) is 4.91.